The van der Waals surface area contributed by atoms with Crippen LogP contribution in [0.4, 0.5) is 5.69 Å². The highest BCUT2D eigenvalue weighted by atomic mass is 79.9. The Bertz CT molecular complexity index is 385. The Hall–Kier alpha value is -0.560. The first kappa shape index (κ1) is 15.5. The van der Waals surface area contributed by atoms with Gasteiger partial charge in [-0.1, -0.05) is 15.9 Å². The van der Waals surface area contributed by atoms with E-state index in [4.69, 9.17) is 5.11 Å². The lowest BCUT2D eigenvalue weighted by Gasteiger charge is -2.13. The zero-order valence-electron chi connectivity index (χ0n) is 9.97. The maximum atomic E-state index is 11.8. The summed E-state index contributed by atoms with van der Waals surface area (Å²) in [5, 5.41) is 20.4. The zero-order valence-corrected chi connectivity index (χ0v) is 12.4. The molecule has 6 heteroatoms. The fourth-order valence-corrected chi connectivity index (χ4v) is 2.25. The van der Waals surface area contributed by atoms with Gasteiger partial charge in [0.1, 0.15) is 0 Å². The maximum absolute atomic E-state index is 11.8. The van der Waals surface area contributed by atoms with E-state index in [0.717, 1.165) is 10.2 Å². The van der Waals surface area contributed by atoms with Crippen LogP contribution in [-0.4, -0.2) is 39.8 Å². The summed E-state index contributed by atoms with van der Waals surface area (Å²) in [5.74, 6) is 0.221. The number of anilines is 1. The number of rotatable bonds is 6. The van der Waals surface area contributed by atoms with Gasteiger partial charge in [0.15, 0.2) is 0 Å². The van der Waals surface area contributed by atoms with Crippen LogP contribution in [0.2, 0.25) is 0 Å². The molecule has 1 amide bonds. The fraction of sp³-hybridized carbons (Fsp3) is 0.417. The Morgan fingerprint density at radius 3 is 2.61 bits per heavy atom. The molecule has 0 bridgehead atoms. The number of amides is 1. The topological polar surface area (TPSA) is 69.6 Å². The zero-order chi connectivity index (χ0) is 13.5. The highest BCUT2D eigenvalue weighted by Crippen LogP contribution is 2.17. The molecule has 0 aliphatic rings. The van der Waals surface area contributed by atoms with Crippen molar-refractivity contribution in [3.05, 3.63) is 28.7 Å². The summed E-state index contributed by atoms with van der Waals surface area (Å²) in [6, 6.07) is 7.32. The van der Waals surface area contributed by atoms with Crippen LogP contribution < -0.4 is 5.32 Å². The lowest BCUT2D eigenvalue weighted by Crippen LogP contribution is -2.25. The Morgan fingerprint density at radius 2 is 2.06 bits per heavy atom. The Balaban J connectivity index is 2.42. The molecule has 0 saturated carbocycles. The van der Waals surface area contributed by atoms with Crippen molar-refractivity contribution in [3.63, 3.8) is 0 Å². The van der Waals surface area contributed by atoms with Gasteiger partial charge in [0.2, 0.25) is 5.91 Å². The van der Waals surface area contributed by atoms with Crippen LogP contribution in [0.25, 0.3) is 0 Å². The number of carbonyl (C=O) groups excluding carboxylic acids is 1. The second-order valence-corrected chi connectivity index (χ2v) is 6.10. The van der Waals surface area contributed by atoms with Crippen LogP contribution in [0.3, 0.4) is 0 Å². The number of benzene rings is 1. The van der Waals surface area contributed by atoms with E-state index >= 15 is 0 Å². The minimum absolute atomic E-state index is 0.118. The molecule has 0 heterocycles. The normalized spacial score (nSPS) is 14.0. The molecule has 2 atom stereocenters. The molecule has 0 aliphatic heterocycles. The van der Waals surface area contributed by atoms with E-state index in [0.29, 0.717) is 5.75 Å². The van der Waals surface area contributed by atoms with E-state index in [1.54, 1.807) is 6.92 Å². The summed E-state index contributed by atoms with van der Waals surface area (Å²) < 4.78 is 0.953. The molecule has 0 saturated heterocycles. The summed E-state index contributed by atoms with van der Waals surface area (Å²) in [6.45, 7) is 1.48. The molecule has 0 radical (unpaired) electrons. The molecule has 0 spiro atoms. The van der Waals surface area contributed by atoms with Crippen LogP contribution in [0, 0.1) is 0 Å². The molecule has 100 valence electrons. The van der Waals surface area contributed by atoms with Crippen LogP contribution in [-0.2, 0) is 4.79 Å². The number of nitrogens with one attached hydrogen (secondary N) is 1. The van der Waals surface area contributed by atoms with Crippen molar-refractivity contribution in [1.82, 2.24) is 0 Å². The summed E-state index contributed by atoms with van der Waals surface area (Å²) in [5.41, 5.74) is 0.735. The van der Waals surface area contributed by atoms with Crippen LogP contribution in [0.1, 0.15) is 6.92 Å². The smallest absolute Gasteiger partial charge is 0.237 e. The number of hydrogen-bond donors (Lipinski definition) is 3. The van der Waals surface area contributed by atoms with E-state index in [-0.39, 0.29) is 17.8 Å². The average molecular weight is 334 g/mol. The second kappa shape index (κ2) is 7.78. The first-order chi connectivity index (χ1) is 8.52. The summed E-state index contributed by atoms with van der Waals surface area (Å²) >= 11 is 4.63. The molecule has 3 N–H and O–H groups in total. The molecular formula is C12H16BrNO3S. The number of aliphatic hydroxyl groups excluding tert-OH is 2. The van der Waals surface area contributed by atoms with E-state index in [1.807, 2.05) is 24.3 Å². The van der Waals surface area contributed by atoms with Gasteiger partial charge in [-0.05, 0) is 31.2 Å². The predicted molar refractivity (Wildman–Crippen MR) is 77.8 cm³/mol. The van der Waals surface area contributed by atoms with Gasteiger partial charge in [-0.2, -0.15) is 0 Å². The van der Waals surface area contributed by atoms with Gasteiger partial charge in [0.05, 0.1) is 18.0 Å². The molecule has 1 rings (SSSR count). The Kier molecular flexibility index (Phi) is 6.70. The summed E-state index contributed by atoms with van der Waals surface area (Å²) in [4.78, 5) is 11.8. The standard InChI is InChI=1S/C12H16BrNO3S/c1-8(18-7-11(16)6-15)12(17)14-10-4-2-9(13)3-5-10/h2-5,8,11,15-16H,6-7H2,1H3,(H,14,17). The van der Waals surface area contributed by atoms with Crippen LogP contribution >= 0.6 is 27.7 Å². The first-order valence-corrected chi connectivity index (χ1v) is 7.34. The molecule has 0 aliphatic carbocycles. The molecule has 0 fully saturated rings. The maximum Gasteiger partial charge on any atom is 0.237 e. The van der Waals surface area contributed by atoms with E-state index < -0.39 is 6.10 Å². The second-order valence-electron chi connectivity index (χ2n) is 3.81. The fourth-order valence-electron chi connectivity index (χ4n) is 1.16. The van der Waals surface area contributed by atoms with Crippen LogP contribution in [0.15, 0.2) is 28.7 Å². The third-order valence-corrected chi connectivity index (χ3v) is 4.05. The minimum atomic E-state index is -0.780. The molecular weight excluding hydrogens is 318 g/mol. The van der Waals surface area contributed by atoms with E-state index in [1.165, 1.54) is 11.8 Å². The summed E-state index contributed by atoms with van der Waals surface area (Å²) in [7, 11) is 0. The minimum Gasteiger partial charge on any atom is -0.394 e. The Morgan fingerprint density at radius 1 is 1.44 bits per heavy atom. The van der Waals surface area contributed by atoms with E-state index in [2.05, 4.69) is 21.2 Å². The molecule has 1 aromatic rings. The van der Waals surface area contributed by atoms with E-state index in [9.17, 15) is 9.90 Å². The third-order valence-electron chi connectivity index (χ3n) is 2.23. The van der Waals surface area contributed by atoms with Gasteiger partial charge < -0.3 is 15.5 Å². The Labute approximate surface area is 119 Å². The molecule has 2 unspecified atom stereocenters. The quantitative estimate of drug-likeness (QED) is 0.743. The molecule has 1 aromatic carbocycles. The lowest BCUT2D eigenvalue weighted by molar-refractivity contribution is -0.115. The summed E-state index contributed by atoms with van der Waals surface area (Å²) in [6.07, 6.45) is -0.780. The predicted octanol–water partition coefficient (Wildman–Crippen LogP) is 1.86. The van der Waals surface area contributed by atoms with Crippen LogP contribution in [0.5, 0.6) is 0 Å². The number of halogens is 1. The monoisotopic (exact) mass is 333 g/mol. The van der Waals surface area contributed by atoms with Gasteiger partial charge in [0.25, 0.3) is 0 Å². The van der Waals surface area contributed by atoms with Crippen molar-refractivity contribution in [2.45, 2.75) is 18.3 Å². The first-order valence-electron chi connectivity index (χ1n) is 5.50. The number of carbonyl (C=O) groups is 1. The highest BCUT2D eigenvalue weighted by molar-refractivity contribution is 9.10. The van der Waals surface area contributed by atoms with Crippen molar-refractivity contribution >= 4 is 39.3 Å². The lowest BCUT2D eigenvalue weighted by atomic mass is 10.3. The number of thioether (sulfide) groups is 1. The van der Waals surface area contributed by atoms with Gasteiger partial charge in [-0.25, -0.2) is 0 Å². The van der Waals surface area contributed by atoms with Gasteiger partial charge in [-0.15, -0.1) is 11.8 Å². The van der Waals surface area contributed by atoms with Gasteiger partial charge in [-0.3, -0.25) is 4.79 Å². The number of hydrogen-bond acceptors (Lipinski definition) is 4. The van der Waals surface area contributed by atoms with Crippen molar-refractivity contribution in [1.29, 1.82) is 0 Å². The van der Waals surface area contributed by atoms with Crippen molar-refractivity contribution < 1.29 is 15.0 Å². The van der Waals surface area contributed by atoms with Crippen molar-refractivity contribution in [3.8, 4) is 0 Å². The van der Waals surface area contributed by atoms with Crippen molar-refractivity contribution in [2.75, 3.05) is 17.7 Å². The molecule has 4 nitrogen and oxygen atoms in total. The highest BCUT2D eigenvalue weighted by Gasteiger charge is 2.15. The van der Waals surface area contributed by atoms with Crippen molar-refractivity contribution in [2.24, 2.45) is 0 Å². The third kappa shape index (κ3) is 5.39. The SMILES string of the molecule is CC(SCC(O)CO)C(=O)Nc1ccc(Br)cc1. The molecule has 0 aromatic heterocycles. The van der Waals surface area contributed by atoms with Gasteiger partial charge >= 0.3 is 0 Å². The van der Waals surface area contributed by atoms with Gasteiger partial charge in [0, 0.05) is 15.9 Å². The molecule has 18 heavy (non-hydrogen) atoms. The average Bonchev–Trinajstić information content (AvgIpc) is 2.38. The number of aliphatic hydroxyl groups is 2. The largest absolute Gasteiger partial charge is 0.394 e.